The van der Waals surface area contributed by atoms with Crippen molar-refractivity contribution in [3.05, 3.63) is 57.4 Å². The van der Waals surface area contributed by atoms with Crippen LogP contribution in [0.3, 0.4) is 0 Å². The second-order valence-corrected chi connectivity index (χ2v) is 4.88. The highest BCUT2D eigenvalue weighted by atomic mass is 35.5. The normalized spacial score (nSPS) is 20.8. The number of halogens is 2. The summed E-state index contributed by atoms with van der Waals surface area (Å²) in [5.41, 5.74) is 5.69. The van der Waals surface area contributed by atoms with Gasteiger partial charge in [-0.2, -0.15) is 5.26 Å². The molecule has 21 heavy (non-hydrogen) atoms. The summed E-state index contributed by atoms with van der Waals surface area (Å²) >= 11 is 6.04. The second kappa shape index (κ2) is 4.79. The van der Waals surface area contributed by atoms with Crippen molar-refractivity contribution in [2.24, 2.45) is 5.73 Å². The SMILES string of the molecule is N#CC1=C(N)OC2=C(C(=O)OC2)[C@H]1c1c(F)cccc1Cl. The Morgan fingerprint density at radius 1 is 1.48 bits per heavy atom. The van der Waals surface area contributed by atoms with Gasteiger partial charge in [-0.15, -0.1) is 0 Å². The molecule has 0 unspecified atom stereocenters. The van der Waals surface area contributed by atoms with Gasteiger partial charge >= 0.3 is 5.97 Å². The van der Waals surface area contributed by atoms with Gasteiger partial charge in [0, 0.05) is 10.6 Å². The molecule has 0 bridgehead atoms. The lowest BCUT2D eigenvalue weighted by Crippen LogP contribution is -2.22. The molecule has 0 aromatic heterocycles. The summed E-state index contributed by atoms with van der Waals surface area (Å²) in [6.07, 6.45) is 0. The van der Waals surface area contributed by atoms with Crippen LogP contribution >= 0.6 is 11.6 Å². The van der Waals surface area contributed by atoms with Crippen LogP contribution in [-0.2, 0) is 14.3 Å². The Balaban J connectivity index is 2.27. The van der Waals surface area contributed by atoms with Crippen LogP contribution in [0.1, 0.15) is 11.5 Å². The Kier molecular flexibility index (Phi) is 3.07. The van der Waals surface area contributed by atoms with Gasteiger partial charge in [0.15, 0.2) is 5.76 Å². The van der Waals surface area contributed by atoms with Crippen molar-refractivity contribution < 1.29 is 18.7 Å². The zero-order chi connectivity index (χ0) is 15.1. The molecule has 0 spiro atoms. The maximum absolute atomic E-state index is 14.2. The molecular formula is C14H8ClFN2O3. The lowest BCUT2D eigenvalue weighted by molar-refractivity contribution is -0.136. The number of hydrogen-bond donors (Lipinski definition) is 1. The van der Waals surface area contributed by atoms with Crippen LogP contribution in [0.2, 0.25) is 5.02 Å². The summed E-state index contributed by atoms with van der Waals surface area (Å²) in [4.78, 5) is 11.9. The first-order valence-electron chi connectivity index (χ1n) is 5.96. The summed E-state index contributed by atoms with van der Waals surface area (Å²) in [6, 6.07) is 5.95. The molecule has 106 valence electrons. The van der Waals surface area contributed by atoms with E-state index in [2.05, 4.69) is 0 Å². The lowest BCUT2D eigenvalue weighted by atomic mass is 9.83. The molecule has 5 nitrogen and oxygen atoms in total. The summed E-state index contributed by atoms with van der Waals surface area (Å²) < 4.78 is 24.3. The van der Waals surface area contributed by atoms with Crippen molar-refractivity contribution in [2.45, 2.75) is 5.92 Å². The van der Waals surface area contributed by atoms with E-state index in [-0.39, 0.29) is 40.0 Å². The van der Waals surface area contributed by atoms with Crippen LogP contribution in [0.25, 0.3) is 0 Å². The first kappa shape index (κ1) is 13.5. The van der Waals surface area contributed by atoms with Gasteiger partial charge < -0.3 is 15.2 Å². The first-order chi connectivity index (χ1) is 10.0. The summed E-state index contributed by atoms with van der Waals surface area (Å²) in [5.74, 6) is -2.33. The number of ether oxygens (including phenoxy) is 2. The summed E-state index contributed by atoms with van der Waals surface area (Å²) in [5, 5.41) is 9.36. The monoisotopic (exact) mass is 306 g/mol. The molecule has 1 atom stereocenters. The van der Waals surface area contributed by atoms with E-state index in [9.17, 15) is 14.4 Å². The Bertz CT molecular complexity index is 744. The summed E-state index contributed by atoms with van der Waals surface area (Å²) in [6.45, 7) is -0.101. The molecule has 7 heteroatoms. The Morgan fingerprint density at radius 3 is 2.90 bits per heavy atom. The summed E-state index contributed by atoms with van der Waals surface area (Å²) in [7, 11) is 0. The first-order valence-corrected chi connectivity index (χ1v) is 6.34. The van der Waals surface area contributed by atoms with Gasteiger partial charge in [-0.3, -0.25) is 0 Å². The van der Waals surface area contributed by atoms with Gasteiger partial charge in [-0.25, -0.2) is 9.18 Å². The molecular weight excluding hydrogens is 299 g/mol. The fourth-order valence-electron chi connectivity index (χ4n) is 2.43. The van der Waals surface area contributed by atoms with Crippen molar-refractivity contribution in [3.8, 4) is 6.07 Å². The predicted molar refractivity (Wildman–Crippen MR) is 70.0 cm³/mol. The minimum absolute atomic E-state index is 0.00770. The van der Waals surface area contributed by atoms with Gasteiger partial charge in [-0.1, -0.05) is 17.7 Å². The highest BCUT2D eigenvalue weighted by Crippen LogP contribution is 2.44. The fourth-order valence-corrected chi connectivity index (χ4v) is 2.70. The largest absolute Gasteiger partial charge is 0.454 e. The zero-order valence-corrected chi connectivity index (χ0v) is 11.3. The zero-order valence-electron chi connectivity index (χ0n) is 10.5. The van der Waals surface area contributed by atoms with E-state index in [1.165, 1.54) is 18.2 Å². The third-order valence-electron chi connectivity index (χ3n) is 3.34. The van der Waals surface area contributed by atoms with Crippen molar-refractivity contribution in [2.75, 3.05) is 6.61 Å². The lowest BCUT2D eigenvalue weighted by Gasteiger charge is -2.24. The molecule has 1 aromatic rings. The van der Waals surface area contributed by atoms with Crippen molar-refractivity contribution in [3.63, 3.8) is 0 Å². The van der Waals surface area contributed by atoms with E-state index >= 15 is 0 Å². The molecule has 2 N–H and O–H groups in total. The van der Waals surface area contributed by atoms with Crippen LogP contribution in [0, 0.1) is 17.1 Å². The molecule has 0 aliphatic carbocycles. The molecule has 2 aliphatic rings. The maximum atomic E-state index is 14.2. The smallest absolute Gasteiger partial charge is 0.339 e. The highest BCUT2D eigenvalue weighted by molar-refractivity contribution is 6.31. The number of rotatable bonds is 1. The van der Waals surface area contributed by atoms with E-state index < -0.39 is 17.7 Å². The van der Waals surface area contributed by atoms with Crippen LogP contribution < -0.4 is 5.73 Å². The van der Waals surface area contributed by atoms with Gasteiger partial charge in [-0.05, 0) is 12.1 Å². The molecule has 2 heterocycles. The average molecular weight is 307 g/mol. The van der Waals surface area contributed by atoms with Gasteiger partial charge in [0.25, 0.3) is 0 Å². The Morgan fingerprint density at radius 2 is 2.24 bits per heavy atom. The van der Waals surface area contributed by atoms with E-state index in [0.29, 0.717) is 0 Å². The van der Waals surface area contributed by atoms with Crippen molar-refractivity contribution >= 4 is 17.6 Å². The number of nitrogens with two attached hydrogens (primary N) is 1. The maximum Gasteiger partial charge on any atom is 0.339 e. The van der Waals surface area contributed by atoms with Crippen LogP contribution in [-0.4, -0.2) is 12.6 Å². The molecule has 0 fully saturated rings. The number of nitriles is 1. The number of carbonyl (C=O) groups is 1. The number of nitrogens with zero attached hydrogens (tertiary/aromatic N) is 1. The molecule has 0 saturated carbocycles. The van der Waals surface area contributed by atoms with E-state index in [0.717, 1.165) is 0 Å². The average Bonchev–Trinajstić information content (AvgIpc) is 2.79. The Labute approximate surface area is 124 Å². The van der Waals surface area contributed by atoms with Gasteiger partial charge in [0.2, 0.25) is 5.88 Å². The van der Waals surface area contributed by atoms with E-state index in [4.69, 9.17) is 26.8 Å². The predicted octanol–water partition coefficient (Wildman–Crippen LogP) is 2.10. The standard InChI is InChI=1S/C14H8ClFN2O3/c15-7-2-1-3-8(16)11(7)10-6(4-17)13(18)21-9-5-20-14(19)12(9)10/h1-3,10H,5,18H2/t10-/m1/s1. The second-order valence-electron chi connectivity index (χ2n) is 4.47. The number of allylic oxidation sites excluding steroid dienone is 1. The van der Waals surface area contributed by atoms with Crippen LogP contribution in [0.5, 0.6) is 0 Å². The number of hydrogen-bond acceptors (Lipinski definition) is 5. The minimum atomic E-state index is -1.03. The third-order valence-corrected chi connectivity index (χ3v) is 3.67. The minimum Gasteiger partial charge on any atom is -0.454 e. The van der Waals surface area contributed by atoms with Crippen molar-refractivity contribution in [1.82, 2.24) is 0 Å². The van der Waals surface area contributed by atoms with Gasteiger partial charge in [0.05, 0.1) is 11.5 Å². The van der Waals surface area contributed by atoms with Crippen LogP contribution in [0.15, 0.2) is 41.0 Å². The molecule has 1 aromatic carbocycles. The number of benzene rings is 1. The quantitative estimate of drug-likeness (QED) is 0.803. The van der Waals surface area contributed by atoms with Gasteiger partial charge in [0.1, 0.15) is 24.1 Å². The molecule has 0 amide bonds. The molecule has 2 aliphatic heterocycles. The number of cyclic esters (lactones) is 1. The highest BCUT2D eigenvalue weighted by Gasteiger charge is 2.43. The molecule has 3 rings (SSSR count). The molecule has 0 saturated heterocycles. The molecule has 0 radical (unpaired) electrons. The third kappa shape index (κ3) is 1.94. The van der Waals surface area contributed by atoms with E-state index in [1.807, 2.05) is 6.07 Å². The van der Waals surface area contributed by atoms with Crippen molar-refractivity contribution in [1.29, 1.82) is 5.26 Å². The Hall–Kier alpha value is -2.52. The fraction of sp³-hybridized carbons (Fsp3) is 0.143. The van der Waals surface area contributed by atoms with E-state index in [1.54, 1.807) is 0 Å². The number of esters is 1. The van der Waals surface area contributed by atoms with Crippen LogP contribution in [0.4, 0.5) is 4.39 Å². The number of carbonyl (C=O) groups excluding carboxylic acids is 1. The topological polar surface area (TPSA) is 85.3 Å².